The topological polar surface area (TPSA) is 75.3 Å². The minimum atomic E-state index is -3.40. The predicted octanol–water partition coefficient (Wildman–Crippen LogP) is 3.90. The Morgan fingerprint density at radius 1 is 1.16 bits per heavy atom. The molecule has 0 unspecified atom stereocenters. The number of aryl methyl sites for hydroxylation is 1. The highest BCUT2D eigenvalue weighted by atomic mass is 35.5. The molecule has 0 bridgehead atoms. The Bertz CT molecular complexity index is 864. The van der Waals surface area contributed by atoms with E-state index in [1.807, 2.05) is 38.1 Å². The van der Waals surface area contributed by atoms with Crippen LogP contribution in [0.25, 0.3) is 0 Å². The van der Waals surface area contributed by atoms with Crippen molar-refractivity contribution >= 4 is 33.2 Å². The summed E-state index contributed by atoms with van der Waals surface area (Å²) in [6, 6.07) is 12.3. The molecule has 7 heteroatoms. The van der Waals surface area contributed by atoms with E-state index in [2.05, 4.69) is 10.0 Å². The van der Waals surface area contributed by atoms with Gasteiger partial charge in [-0.1, -0.05) is 48.4 Å². The zero-order valence-corrected chi connectivity index (χ0v) is 15.9. The Kier molecular flexibility index (Phi) is 6.08. The Morgan fingerprint density at radius 3 is 2.32 bits per heavy atom. The quantitative estimate of drug-likeness (QED) is 0.797. The summed E-state index contributed by atoms with van der Waals surface area (Å²) in [6.07, 6.45) is 1.79. The van der Waals surface area contributed by atoms with E-state index in [1.54, 1.807) is 0 Å². The van der Waals surface area contributed by atoms with Crippen molar-refractivity contribution in [2.75, 3.05) is 11.0 Å². The minimum Gasteiger partial charge on any atom is -0.345 e. The molecule has 5 nitrogen and oxygen atoms in total. The van der Waals surface area contributed by atoms with Crippen LogP contribution >= 0.6 is 11.6 Å². The van der Waals surface area contributed by atoms with Gasteiger partial charge in [-0.2, -0.15) is 0 Å². The highest BCUT2D eigenvalue weighted by Gasteiger charge is 2.17. The van der Waals surface area contributed by atoms with Gasteiger partial charge in [0.25, 0.3) is 5.91 Å². The normalized spacial score (nSPS) is 12.5. The van der Waals surface area contributed by atoms with E-state index in [9.17, 15) is 13.2 Å². The second kappa shape index (κ2) is 7.89. The summed E-state index contributed by atoms with van der Waals surface area (Å²) in [6.45, 7) is 4.00. The van der Waals surface area contributed by atoms with Crippen LogP contribution in [0.5, 0.6) is 0 Å². The third kappa shape index (κ3) is 5.47. The zero-order valence-electron chi connectivity index (χ0n) is 14.3. The summed E-state index contributed by atoms with van der Waals surface area (Å²) in [4.78, 5) is 12.5. The van der Waals surface area contributed by atoms with Gasteiger partial charge in [0.2, 0.25) is 10.0 Å². The fourth-order valence-electron chi connectivity index (χ4n) is 2.43. The first-order valence-corrected chi connectivity index (χ1v) is 10.1. The van der Waals surface area contributed by atoms with Gasteiger partial charge >= 0.3 is 0 Å². The molecule has 1 amide bonds. The lowest BCUT2D eigenvalue weighted by Crippen LogP contribution is -2.28. The number of sulfonamides is 1. The third-order valence-electron chi connectivity index (χ3n) is 3.71. The number of hydrogen-bond acceptors (Lipinski definition) is 3. The van der Waals surface area contributed by atoms with E-state index < -0.39 is 10.0 Å². The van der Waals surface area contributed by atoms with E-state index in [4.69, 9.17) is 11.6 Å². The summed E-state index contributed by atoms with van der Waals surface area (Å²) in [5.74, 6) is -0.302. The second-order valence-corrected chi connectivity index (χ2v) is 8.07. The first-order valence-electron chi connectivity index (χ1n) is 7.84. The van der Waals surface area contributed by atoms with Gasteiger partial charge in [0.05, 0.1) is 22.9 Å². The van der Waals surface area contributed by atoms with Crippen LogP contribution in [0.15, 0.2) is 42.5 Å². The molecule has 0 saturated heterocycles. The molecule has 0 fully saturated rings. The number of amides is 1. The average molecular weight is 381 g/mol. The van der Waals surface area contributed by atoms with Crippen molar-refractivity contribution in [2.24, 2.45) is 0 Å². The maximum Gasteiger partial charge on any atom is 0.253 e. The van der Waals surface area contributed by atoms with Crippen LogP contribution in [-0.4, -0.2) is 20.6 Å². The molecule has 0 aliphatic carbocycles. The number of nitrogens with one attached hydrogen (secondary N) is 2. The van der Waals surface area contributed by atoms with Crippen LogP contribution in [0.4, 0.5) is 5.69 Å². The molecule has 0 saturated carbocycles. The Morgan fingerprint density at radius 2 is 1.80 bits per heavy atom. The van der Waals surface area contributed by atoms with Gasteiger partial charge < -0.3 is 5.32 Å². The molecule has 134 valence electrons. The van der Waals surface area contributed by atoms with Crippen LogP contribution < -0.4 is 10.0 Å². The average Bonchev–Trinajstić information content (AvgIpc) is 2.52. The monoisotopic (exact) mass is 380 g/mol. The number of hydrogen-bond donors (Lipinski definition) is 2. The summed E-state index contributed by atoms with van der Waals surface area (Å²) >= 11 is 6.15. The van der Waals surface area contributed by atoms with Gasteiger partial charge in [-0.25, -0.2) is 8.42 Å². The number of anilines is 1. The molecule has 0 radical (unpaired) electrons. The van der Waals surface area contributed by atoms with E-state index >= 15 is 0 Å². The number of rotatable bonds is 6. The van der Waals surface area contributed by atoms with Crippen LogP contribution in [0.2, 0.25) is 5.02 Å². The second-order valence-electron chi connectivity index (χ2n) is 5.91. The number of halogens is 1. The fraction of sp³-hybridized carbons (Fsp3) is 0.278. The highest BCUT2D eigenvalue weighted by molar-refractivity contribution is 7.92. The van der Waals surface area contributed by atoms with Crippen LogP contribution in [0.1, 0.15) is 40.9 Å². The largest absolute Gasteiger partial charge is 0.345 e. The number of benzene rings is 2. The van der Waals surface area contributed by atoms with Crippen molar-refractivity contribution in [3.8, 4) is 0 Å². The van der Waals surface area contributed by atoms with E-state index in [1.165, 1.54) is 18.2 Å². The van der Waals surface area contributed by atoms with Crippen molar-refractivity contribution in [1.82, 2.24) is 5.32 Å². The third-order valence-corrected chi connectivity index (χ3v) is 4.63. The lowest BCUT2D eigenvalue weighted by atomic mass is 10.0. The van der Waals surface area contributed by atoms with Gasteiger partial charge in [-0.3, -0.25) is 9.52 Å². The zero-order chi connectivity index (χ0) is 18.6. The van der Waals surface area contributed by atoms with E-state index in [0.717, 1.165) is 23.8 Å². The molecular formula is C18H21ClN2O3S. The molecule has 2 N–H and O–H groups in total. The lowest BCUT2D eigenvalue weighted by molar-refractivity contribution is 0.0935. The van der Waals surface area contributed by atoms with Crippen LogP contribution in [0.3, 0.4) is 0 Å². The molecule has 25 heavy (non-hydrogen) atoms. The summed E-state index contributed by atoms with van der Waals surface area (Å²) in [5.41, 5.74) is 2.79. The van der Waals surface area contributed by atoms with Crippen molar-refractivity contribution < 1.29 is 13.2 Å². The van der Waals surface area contributed by atoms with Gasteiger partial charge in [0.15, 0.2) is 0 Å². The molecule has 0 aromatic heterocycles. The van der Waals surface area contributed by atoms with E-state index in [-0.39, 0.29) is 17.0 Å². The Balaban J connectivity index is 2.17. The first-order chi connectivity index (χ1) is 11.7. The van der Waals surface area contributed by atoms with Crippen molar-refractivity contribution in [1.29, 1.82) is 0 Å². The van der Waals surface area contributed by atoms with Gasteiger partial charge in [-0.05, 0) is 37.1 Å². The molecule has 0 spiro atoms. The standard InChI is InChI=1S/C18H21ClN2O3S/c1-4-17(13-7-5-12(2)6-8-13)20-18(22)15-10-9-14(11-16(15)19)21-25(3,23)24/h5-11,17,21H,4H2,1-3H3,(H,20,22)/t17-/m1/s1. The molecule has 0 aliphatic heterocycles. The van der Waals surface area contributed by atoms with Crippen molar-refractivity contribution in [3.05, 3.63) is 64.2 Å². The van der Waals surface area contributed by atoms with Gasteiger partial charge in [-0.15, -0.1) is 0 Å². The highest BCUT2D eigenvalue weighted by Crippen LogP contribution is 2.23. The maximum absolute atomic E-state index is 12.5. The van der Waals surface area contributed by atoms with Crippen LogP contribution in [-0.2, 0) is 10.0 Å². The molecular weight excluding hydrogens is 360 g/mol. The molecule has 2 aromatic rings. The van der Waals surface area contributed by atoms with Crippen LogP contribution in [0, 0.1) is 6.92 Å². The fourth-order valence-corrected chi connectivity index (χ4v) is 3.25. The van der Waals surface area contributed by atoms with Gasteiger partial charge in [0, 0.05) is 5.69 Å². The van der Waals surface area contributed by atoms with Crippen molar-refractivity contribution in [3.63, 3.8) is 0 Å². The predicted molar refractivity (Wildman–Crippen MR) is 102 cm³/mol. The summed E-state index contributed by atoms with van der Waals surface area (Å²) in [7, 11) is -3.40. The minimum absolute atomic E-state index is 0.127. The molecule has 2 aromatic carbocycles. The summed E-state index contributed by atoms with van der Waals surface area (Å²) in [5, 5.41) is 3.15. The molecule has 0 heterocycles. The first kappa shape index (κ1) is 19.3. The number of carbonyl (C=O) groups is 1. The van der Waals surface area contributed by atoms with Gasteiger partial charge in [0.1, 0.15) is 0 Å². The Hall–Kier alpha value is -2.05. The Labute approximate surface area is 153 Å². The SMILES string of the molecule is CC[C@@H](NC(=O)c1ccc(NS(C)(=O)=O)cc1Cl)c1ccc(C)cc1. The summed E-state index contributed by atoms with van der Waals surface area (Å²) < 4.78 is 24.9. The smallest absolute Gasteiger partial charge is 0.253 e. The molecule has 2 rings (SSSR count). The van der Waals surface area contributed by atoms with Crippen molar-refractivity contribution in [2.45, 2.75) is 26.3 Å². The molecule has 1 atom stereocenters. The molecule has 0 aliphatic rings. The maximum atomic E-state index is 12.5. The van der Waals surface area contributed by atoms with E-state index in [0.29, 0.717) is 11.3 Å². The lowest BCUT2D eigenvalue weighted by Gasteiger charge is -2.18. The number of carbonyl (C=O) groups excluding carboxylic acids is 1.